The van der Waals surface area contributed by atoms with E-state index in [1.165, 1.54) is 16.2 Å². The minimum atomic E-state index is -0.772. The highest BCUT2D eigenvalue weighted by molar-refractivity contribution is 7.12. The Kier molecular flexibility index (Phi) is 5.27. The van der Waals surface area contributed by atoms with Gasteiger partial charge in [-0.05, 0) is 36.4 Å². The van der Waals surface area contributed by atoms with Crippen LogP contribution in [0.3, 0.4) is 0 Å². The Labute approximate surface area is 173 Å². The minimum absolute atomic E-state index is 0.113. The first-order chi connectivity index (χ1) is 14.0. The van der Waals surface area contributed by atoms with Crippen LogP contribution in [-0.2, 0) is 9.59 Å². The van der Waals surface area contributed by atoms with Gasteiger partial charge in [0.1, 0.15) is 11.8 Å². The molecule has 1 fully saturated rings. The molecule has 3 heterocycles. The SMILES string of the molecule is CN(C)C(=O)[C@H]1CN(C(=O)[C@H]2CCCN2C(=O)c2cccs2)c2ccccc2O1. The molecule has 0 unspecified atom stereocenters. The van der Waals surface area contributed by atoms with Gasteiger partial charge in [-0.3, -0.25) is 14.4 Å². The van der Waals surface area contributed by atoms with Crippen molar-refractivity contribution in [2.75, 3.05) is 32.1 Å². The molecule has 4 rings (SSSR count). The number of thiophene rings is 1. The van der Waals surface area contributed by atoms with Gasteiger partial charge in [0.2, 0.25) is 5.91 Å². The van der Waals surface area contributed by atoms with Crippen LogP contribution in [0.15, 0.2) is 41.8 Å². The fourth-order valence-corrected chi connectivity index (χ4v) is 4.53. The monoisotopic (exact) mass is 413 g/mol. The van der Waals surface area contributed by atoms with E-state index in [2.05, 4.69) is 0 Å². The van der Waals surface area contributed by atoms with E-state index >= 15 is 0 Å². The summed E-state index contributed by atoms with van der Waals surface area (Å²) < 4.78 is 5.87. The Bertz CT molecular complexity index is 928. The van der Waals surface area contributed by atoms with Crippen LogP contribution in [0.1, 0.15) is 22.5 Å². The van der Waals surface area contributed by atoms with Crippen LogP contribution in [0.2, 0.25) is 0 Å². The first-order valence-corrected chi connectivity index (χ1v) is 10.5. The van der Waals surface area contributed by atoms with Crippen molar-refractivity contribution in [2.45, 2.75) is 25.0 Å². The van der Waals surface area contributed by atoms with Gasteiger partial charge in [-0.25, -0.2) is 0 Å². The second-order valence-electron chi connectivity index (χ2n) is 7.39. The number of anilines is 1. The predicted octanol–water partition coefficient (Wildman–Crippen LogP) is 2.24. The summed E-state index contributed by atoms with van der Waals surface area (Å²) in [5.41, 5.74) is 0.635. The Morgan fingerprint density at radius 2 is 1.93 bits per heavy atom. The van der Waals surface area contributed by atoms with Crippen molar-refractivity contribution < 1.29 is 19.1 Å². The molecule has 0 bridgehead atoms. The number of hydrogen-bond donors (Lipinski definition) is 0. The van der Waals surface area contributed by atoms with Gasteiger partial charge < -0.3 is 19.4 Å². The zero-order valence-corrected chi connectivity index (χ0v) is 17.2. The number of likely N-dealkylation sites (tertiary alicyclic amines) is 1. The second-order valence-corrected chi connectivity index (χ2v) is 8.34. The van der Waals surface area contributed by atoms with Crippen molar-refractivity contribution in [3.05, 3.63) is 46.7 Å². The highest BCUT2D eigenvalue weighted by Crippen LogP contribution is 2.35. The zero-order valence-electron chi connectivity index (χ0n) is 16.4. The van der Waals surface area contributed by atoms with Crippen LogP contribution in [0.25, 0.3) is 0 Å². The number of carbonyl (C=O) groups is 3. The van der Waals surface area contributed by atoms with Gasteiger partial charge >= 0.3 is 0 Å². The van der Waals surface area contributed by atoms with Crippen molar-refractivity contribution in [2.24, 2.45) is 0 Å². The van der Waals surface area contributed by atoms with E-state index in [4.69, 9.17) is 4.74 Å². The molecule has 2 atom stereocenters. The average molecular weight is 413 g/mol. The summed E-state index contributed by atoms with van der Waals surface area (Å²) in [6.45, 7) is 0.684. The van der Waals surface area contributed by atoms with Gasteiger partial charge in [0.05, 0.1) is 17.1 Å². The van der Waals surface area contributed by atoms with E-state index in [1.54, 1.807) is 36.0 Å². The number of likely N-dealkylation sites (N-methyl/N-ethyl adjacent to an activating group) is 1. The average Bonchev–Trinajstić information content (AvgIpc) is 3.43. The summed E-state index contributed by atoms with van der Waals surface area (Å²) in [6, 6.07) is 10.3. The minimum Gasteiger partial charge on any atom is -0.476 e. The maximum Gasteiger partial charge on any atom is 0.265 e. The number of hydrogen-bond acceptors (Lipinski definition) is 5. The number of ether oxygens (including phenoxy) is 1. The number of amides is 3. The quantitative estimate of drug-likeness (QED) is 0.774. The summed E-state index contributed by atoms with van der Waals surface area (Å²) in [6.07, 6.45) is 0.619. The Hall–Kier alpha value is -2.87. The van der Waals surface area contributed by atoms with Gasteiger partial charge in [-0.1, -0.05) is 18.2 Å². The van der Waals surface area contributed by atoms with Crippen LogP contribution in [0.4, 0.5) is 5.69 Å². The van der Waals surface area contributed by atoms with E-state index in [0.717, 1.165) is 6.42 Å². The molecule has 1 saturated heterocycles. The molecule has 8 heteroatoms. The Morgan fingerprint density at radius 1 is 1.14 bits per heavy atom. The smallest absolute Gasteiger partial charge is 0.265 e. The molecule has 3 amide bonds. The number of fused-ring (bicyclic) bond motifs is 1. The predicted molar refractivity (Wildman–Crippen MR) is 110 cm³/mol. The first-order valence-electron chi connectivity index (χ1n) is 9.60. The number of rotatable bonds is 3. The molecule has 152 valence electrons. The third kappa shape index (κ3) is 3.60. The first kappa shape index (κ1) is 19.4. The van der Waals surface area contributed by atoms with Crippen LogP contribution in [0.5, 0.6) is 5.75 Å². The van der Waals surface area contributed by atoms with Gasteiger partial charge in [0, 0.05) is 20.6 Å². The lowest BCUT2D eigenvalue weighted by Gasteiger charge is -2.37. The summed E-state index contributed by atoms with van der Waals surface area (Å²) in [5.74, 6) is 0.0229. The van der Waals surface area contributed by atoms with Crippen LogP contribution in [0, 0.1) is 0 Å². The van der Waals surface area contributed by atoms with Crippen molar-refractivity contribution in [3.63, 3.8) is 0 Å². The fourth-order valence-electron chi connectivity index (χ4n) is 3.85. The van der Waals surface area contributed by atoms with Gasteiger partial charge in [-0.2, -0.15) is 0 Å². The Balaban J connectivity index is 1.62. The molecule has 2 aromatic rings. The van der Waals surface area contributed by atoms with Crippen LogP contribution < -0.4 is 9.64 Å². The van der Waals surface area contributed by atoms with Crippen molar-refractivity contribution in [1.29, 1.82) is 0 Å². The molecule has 2 aliphatic rings. The third-order valence-electron chi connectivity index (χ3n) is 5.29. The molecule has 1 aromatic heterocycles. The van der Waals surface area contributed by atoms with Gasteiger partial charge in [-0.15, -0.1) is 11.3 Å². The molecule has 0 N–H and O–H groups in total. The lowest BCUT2D eigenvalue weighted by molar-refractivity contribution is -0.136. The maximum absolute atomic E-state index is 13.5. The Morgan fingerprint density at radius 3 is 2.66 bits per heavy atom. The van der Waals surface area contributed by atoms with Gasteiger partial charge in [0.15, 0.2) is 6.10 Å². The number of nitrogens with zero attached hydrogens (tertiary/aromatic N) is 3. The van der Waals surface area contributed by atoms with E-state index in [-0.39, 0.29) is 24.3 Å². The highest BCUT2D eigenvalue weighted by atomic mass is 32.1. The number of benzene rings is 1. The van der Waals surface area contributed by atoms with Crippen molar-refractivity contribution >= 4 is 34.7 Å². The third-order valence-corrected chi connectivity index (χ3v) is 6.14. The molecule has 2 aliphatic heterocycles. The van der Waals surface area contributed by atoms with Crippen LogP contribution >= 0.6 is 11.3 Å². The number of para-hydroxylation sites is 2. The normalized spacial score (nSPS) is 20.8. The van der Waals surface area contributed by atoms with Crippen molar-refractivity contribution in [1.82, 2.24) is 9.80 Å². The molecule has 0 saturated carbocycles. The van der Waals surface area contributed by atoms with E-state index in [9.17, 15) is 14.4 Å². The number of carbonyl (C=O) groups excluding carboxylic acids is 3. The summed E-state index contributed by atoms with van der Waals surface area (Å²) in [5, 5.41) is 1.86. The zero-order chi connectivity index (χ0) is 20.5. The van der Waals surface area contributed by atoms with E-state index < -0.39 is 12.1 Å². The van der Waals surface area contributed by atoms with E-state index in [1.807, 2.05) is 29.6 Å². The van der Waals surface area contributed by atoms with Crippen LogP contribution in [-0.4, -0.2) is 66.9 Å². The largest absolute Gasteiger partial charge is 0.476 e. The molecule has 29 heavy (non-hydrogen) atoms. The topological polar surface area (TPSA) is 70.2 Å². The van der Waals surface area contributed by atoms with Gasteiger partial charge in [0.25, 0.3) is 11.8 Å². The maximum atomic E-state index is 13.5. The lowest BCUT2D eigenvalue weighted by Crippen LogP contribution is -2.55. The van der Waals surface area contributed by atoms with E-state index in [0.29, 0.717) is 29.3 Å². The lowest BCUT2D eigenvalue weighted by atomic mass is 10.1. The molecular weight excluding hydrogens is 390 g/mol. The van der Waals surface area contributed by atoms with Crippen molar-refractivity contribution in [3.8, 4) is 5.75 Å². The second kappa shape index (κ2) is 7.87. The molecule has 1 aromatic carbocycles. The summed E-state index contributed by atoms with van der Waals surface area (Å²) in [4.78, 5) is 44.3. The molecule has 0 spiro atoms. The molecule has 0 radical (unpaired) electrons. The molecule has 7 nitrogen and oxygen atoms in total. The fraction of sp³-hybridized carbons (Fsp3) is 0.381. The summed E-state index contributed by atoms with van der Waals surface area (Å²) in [7, 11) is 3.33. The standard InChI is InChI=1S/C21H23N3O4S/c1-22(2)20(26)17-13-24(14-7-3-4-9-16(14)28-17)19(25)15-8-5-11-23(15)21(27)18-10-6-12-29-18/h3-4,6-7,9-10,12,15,17H,5,8,11,13H2,1-2H3/t15-,17-/m1/s1. The highest BCUT2D eigenvalue weighted by Gasteiger charge is 2.41. The summed E-state index contributed by atoms with van der Waals surface area (Å²) >= 11 is 1.38. The molecular formula is C21H23N3O4S. The molecule has 0 aliphatic carbocycles.